The molecule has 1 N–H and O–H groups in total. The molecule has 0 unspecified atom stereocenters. The highest BCUT2D eigenvalue weighted by molar-refractivity contribution is 6.33. The zero-order chi connectivity index (χ0) is 20.6. The predicted molar refractivity (Wildman–Crippen MR) is 93.0 cm³/mol. The number of halogens is 6. The summed E-state index contributed by atoms with van der Waals surface area (Å²) in [7, 11) is 1.27. The number of carbonyl (C=O) groups excluding carboxylic acids is 1. The van der Waals surface area contributed by atoms with Crippen molar-refractivity contribution in [2.24, 2.45) is 0 Å². The quantitative estimate of drug-likeness (QED) is 0.460. The summed E-state index contributed by atoms with van der Waals surface area (Å²) in [5.41, 5.74) is -1.01. The fourth-order valence-electron chi connectivity index (χ4n) is 2.69. The third kappa shape index (κ3) is 3.45. The molecule has 0 radical (unpaired) electrons. The minimum absolute atomic E-state index is 0.0426. The topological polar surface area (TPSA) is 49.0 Å². The number of aromatic amines is 1. The number of H-pyrrole nitrogens is 1. The maximum absolute atomic E-state index is 13.6. The first-order valence-corrected chi connectivity index (χ1v) is 8.14. The maximum atomic E-state index is 13.6. The van der Waals surface area contributed by atoms with Gasteiger partial charge in [-0.05, 0) is 23.8 Å². The second-order valence-electron chi connectivity index (χ2n) is 5.74. The molecule has 0 spiro atoms. The van der Waals surface area contributed by atoms with E-state index in [2.05, 4.69) is 5.10 Å². The molecule has 2 aromatic carbocycles. The number of aromatic nitrogens is 2. The van der Waals surface area contributed by atoms with E-state index >= 15 is 0 Å². The molecule has 0 bridgehead atoms. The van der Waals surface area contributed by atoms with Crippen LogP contribution in [0.1, 0.15) is 22.5 Å². The van der Waals surface area contributed by atoms with E-state index in [0.29, 0.717) is 0 Å². The summed E-state index contributed by atoms with van der Waals surface area (Å²) in [6.07, 6.45) is -3.03. The number of hydrogen-bond donors (Lipinski definition) is 1. The van der Waals surface area contributed by atoms with Crippen LogP contribution in [0.4, 0.5) is 27.6 Å². The van der Waals surface area contributed by atoms with Crippen LogP contribution in [0, 0.1) is 17.5 Å². The lowest BCUT2D eigenvalue weighted by atomic mass is 10.0. The van der Waals surface area contributed by atoms with Gasteiger partial charge in [0.05, 0.1) is 5.69 Å². The monoisotopic (exact) mass is 415 g/mol. The van der Waals surface area contributed by atoms with Gasteiger partial charge in [0.25, 0.3) is 12.3 Å². The average Bonchev–Trinajstić information content (AvgIpc) is 3.06. The van der Waals surface area contributed by atoms with Crippen LogP contribution in [0.3, 0.4) is 0 Å². The molecule has 0 saturated carbocycles. The fourth-order valence-corrected chi connectivity index (χ4v) is 2.92. The number of carbonyl (C=O) groups is 1. The molecular weight excluding hydrogens is 405 g/mol. The Balaban J connectivity index is 2.09. The largest absolute Gasteiger partial charge is 0.311 e. The molecule has 0 aliphatic heterocycles. The SMILES string of the molecule is CN(C(=O)c1c(Cl)n[nH]c1C(F)F)c1ccccc1-c1cc(F)c(F)c(F)c1. The normalized spacial score (nSPS) is 11.1. The van der Waals surface area contributed by atoms with Crippen LogP contribution in [0.2, 0.25) is 5.15 Å². The smallest absolute Gasteiger partial charge is 0.280 e. The van der Waals surface area contributed by atoms with E-state index in [1.165, 1.54) is 31.3 Å². The van der Waals surface area contributed by atoms with E-state index < -0.39 is 46.2 Å². The molecule has 3 aromatic rings. The van der Waals surface area contributed by atoms with Crippen LogP contribution in [-0.4, -0.2) is 23.2 Å². The highest BCUT2D eigenvalue weighted by Gasteiger charge is 2.29. The highest BCUT2D eigenvalue weighted by atomic mass is 35.5. The van der Waals surface area contributed by atoms with Crippen LogP contribution < -0.4 is 4.90 Å². The number of alkyl halides is 2. The number of anilines is 1. The molecular formula is C18H11ClF5N3O. The Bertz CT molecular complexity index is 1030. The molecule has 1 aromatic heterocycles. The predicted octanol–water partition coefficient (Wildman–Crippen LogP) is 5.36. The van der Waals surface area contributed by atoms with Crippen LogP contribution >= 0.6 is 11.6 Å². The van der Waals surface area contributed by atoms with Crippen molar-refractivity contribution in [3.8, 4) is 11.1 Å². The second kappa shape index (κ2) is 7.59. The second-order valence-corrected chi connectivity index (χ2v) is 6.10. The highest BCUT2D eigenvalue weighted by Crippen LogP contribution is 2.34. The summed E-state index contributed by atoms with van der Waals surface area (Å²) in [6, 6.07) is 7.48. The zero-order valence-corrected chi connectivity index (χ0v) is 14.9. The number of benzene rings is 2. The van der Waals surface area contributed by atoms with E-state index in [1.54, 1.807) is 0 Å². The number of hydrogen-bond acceptors (Lipinski definition) is 2. The van der Waals surface area contributed by atoms with Crippen molar-refractivity contribution in [2.75, 3.05) is 11.9 Å². The van der Waals surface area contributed by atoms with Crippen molar-refractivity contribution < 1.29 is 26.7 Å². The van der Waals surface area contributed by atoms with Crippen molar-refractivity contribution in [3.05, 3.63) is 70.3 Å². The molecule has 3 rings (SSSR count). The number of nitrogens with one attached hydrogen (secondary N) is 1. The molecule has 0 aliphatic carbocycles. The Morgan fingerprint density at radius 1 is 1.14 bits per heavy atom. The summed E-state index contributed by atoms with van der Waals surface area (Å²) < 4.78 is 66.7. The van der Waals surface area contributed by atoms with Crippen LogP contribution in [0.5, 0.6) is 0 Å². The molecule has 1 heterocycles. The van der Waals surface area contributed by atoms with E-state index in [-0.39, 0.29) is 16.8 Å². The Morgan fingerprint density at radius 2 is 1.75 bits per heavy atom. The Hall–Kier alpha value is -2.94. The van der Waals surface area contributed by atoms with Crippen LogP contribution in [0.15, 0.2) is 36.4 Å². The van der Waals surface area contributed by atoms with Crippen LogP contribution in [-0.2, 0) is 0 Å². The van der Waals surface area contributed by atoms with E-state index in [0.717, 1.165) is 17.0 Å². The Kier molecular flexibility index (Phi) is 5.37. The Morgan fingerprint density at radius 3 is 2.36 bits per heavy atom. The zero-order valence-electron chi connectivity index (χ0n) is 14.1. The van der Waals surface area contributed by atoms with E-state index in [1.807, 2.05) is 5.10 Å². The Labute approximate surface area is 160 Å². The van der Waals surface area contributed by atoms with Crippen molar-refractivity contribution >= 4 is 23.2 Å². The molecule has 0 atom stereocenters. The van der Waals surface area contributed by atoms with E-state index in [4.69, 9.17) is 11.6 Å². The lowest BCUT2D eigenvalue weighted by Gasteiger charge is -2.21. The summed E-state index contributed by atoms with van der Waals surface area (Å²) >= 11 is 5.77. The number of nitrogens with zero attached hydrogens (tertiary/aromatic N) is 2. The van der Waals surface area contributed by atoms with Gasteiger partial charge in [-0.2, -0.15) is 5.10 Å². The molecule has 0 aliphatic rings. The summed E-state index contributed by atoms with van der Waals surface area (Å²) in [4.78, 5) is 13.7. The van der Waals surface area contributed by atoms with Crippen molar-refractivity contribution in [2.45, 2.75) is 6.43 Å². The fraction of sp³-hybridized carbons (Fsp3) is 0.111. The lowest BCUT2D eigenvalue weighted by molar-refractivity contribution is 0.0978. The van der Waals surface area contributed by atoms with Gasteiger partial charge in [-0.1, -0.05) is 29.8 Å². The van der Waals surface area contributed by atoms with Crippen molar-refractivity contribution in [1.29, 1.82) is 0 Å². The molecule has 1 amide bonds. The molecule has 0 fully saturated rings. The third-order valence-electron chi connectivity index (χ3n) is 4.05. The van der Waals surface area contributed by atoms with Crippen LogP contribution in [0.25, 0.3) is 11.1 Å². The van der Waals surface area contributed by atoms with Gasteiger partial charge < -0.3 is 4.90 Å². The van der Waals surface area contributed by atoms with Gasteiger partial charge in [0.1, 0.15) is 11.3 Å². The maximum Gasteiger partial charge on any atom is 0.280 e. The summed E-state index contributed by atoms with van der Waals surface area (Å²) in [5, 5.41) is 4.99. The average molecular weight is 416 g/mol. The lowest BCUT2D eigenvalue weighted by Crippen LogP contribution is -2.27. The first-order valence-electron chi connectivity index (χ1n) is 7.76. The molecule has 10 heteroatoms. The molecule has 4 nitrogen and oxygen atoms in total. The minimum Gasteiger partial charge on any atom is -0.311 e. The van der Waals surface area contributed by atoms with Gasteiger partial charge in [-0.3, -0.25) is 9.89 Å². The standard InChI is InChI=1S/C18H11ClF5N3O/c1-27(18(28)13-15(17(23)24)25-26-16(13)19)12-5-3-2-4-9(12)8-6-10(20)14(22)11(21)7-8/h2-7,17H,1H3,(H,25,26). The van der Waals surface area contributed by atoms with E-state index in [9.17, 15) is 26.7 Å². The van der Waals surface area contributed by atoms with Crippen molar-refractivity contribution in [3.63, 3.8) is 0 Å². The van der Waals surface area contributed by atoms with Gasteiger partial charge in [0.15, 0.2) is 22.6 Å². The van der Waals surface area contributed by atoms with Crippen molar-refractivity contribution in [1.82, 2.24) is 10.2 Å². The number of rotatable bonds is 4. The van der Waals surface area contributed by atoms with Gasteiger partial charge >= 0.3 is 0 Å². The number of amides is 1. The molecule has 146 valence electrons. The van der Waals surface area contributed by atoms with Gasteiger partial charge in [0, 0.05) is 12.6 Å². The minimum atomic E-state index is -3.03. The summed E-state index contributed by atoms with van der Waals surface area (Å²) in [5.74, 6) is -5.35. The van der Waals surface area contributed by atoms with Gasteiger partial charge in [0.2, 0.25) is 0 Å². The number of para-hydroxylation sites is 1. The first-order chi connectivity index (χ1) is 13.2. The van der Waals surface area contributed by atoms with Gasteiger partial charge in [-0.15, -0.1) is 0 Å². The molecule has 28 heavy (non-hydrogen) atoms. The first kappa shape index (κ1) is 19.8. The summed E-state index contributed by atoms with van der Waals surface area (Å²) in [6.45, 7) is 0. The molecule has 0 saturated heterocycles. The van der Waals surface area contributed by atoms with Gasteiger partial charge in [-0.25, -0.2) is 22.0 Å². The third-order valence-corrected chi connectivity index (χ3v) is 4.32.